The number of cyclic esters (lactones) is 2. The lowest BCUT2D eigenvalue weighted by Crippen LogP contribution is -2.11. The van der Waals surface area contributed by atoms with Crippen LogP contribution in [0.15, 0.2) is 30.3 Å². The van der Waals surface area contributed by atoms with Crippen LogP contribution in [0.5, 0.6) is 0 Å². The van der Waals surface area contributed by atoms with Gasteiger partial charge in [0.2, 0.25) is 0 Å². The quantitative estimate of drug-likeness (QED) is 0.566. The molecule has 0 amide bonds. The molecule has 1 aliphatic rings. The molecular formula is C15H18O5. The standard InChI is InChI=1S/C15H18O5/c16-14(10-12-6-2-1-3-7-12)18-9-5-4-8-13-11-19-15(17)20-13/h1-3,6-7,13H,4-5,8-11H2. The van der Waals surface area contributed by atoms with Gasteiger partial charge in [-0.1, -0.05) is 30.3 Å². The van der Waals surface area contributed by atoms with Crippen LogP contribution in [0.3, 0.4) is 0 Å². The summed E-state index contributed by atoms with van der Waals surface area (Å²) in [6, 6.07) is 9.50. The molecule has 1 aromatic carbocycles. The number of hydrogen-bond donors (Lipinski definition) is 0. The monoisotopic (exact) mass is 278 g/mol. The van der Waals surface area contributed by atoms with Crippen molar-refractivity contribution in [2.24, 2.45) is 0 Å². The molecule has 0 bridgehead atoms. The summed E-state index contributed by atoms with van der Waals surface area (Å²) in [6.45, 7) is 0.722. The minimum atomic E-state index is -0.593. The Bertz CT molecular complexity index is 443. The molecule has 1 heterocycles. The van der Waals surface area contributed by atoms with E-state index in [4.69, 9.17) is 9.47 Å². The maximum Gasteiger partial charge on any atom is 0.508 e. The molecule has 1 atom stereocenters. The predicted octanol–water partition coefficient (Wildman–Crippen LogP) is 2.48. The van der Waals surface area contributed by atoms with E-state index in [0.29, 0.717) is 19.6 Å². The minimum Gasteiger partial charge on any atom is -0.465 e. The number of esters is 1. The number of carbonyl (C=O) groups excluding carboxylic acids is 2. The molecule has 2 rings (SSSR count). The number of benzene rings is 1. The van der Waals surface area contributed by atoms with E-state index in [-0.39, 0.29) is 12.1 Å². The van der Waals surface area contributed by atoms with Crippen LogP contribution in [0.4, 0.5) is 4.79 Å². The summed E-state index contributed by atoms with van der Waals surface area (Å²) in [5.41, 5.74) is 0.951. The summed E-state index contributed by atoms with van der Waals surface area (Å²) < 4.78 is 14.7. The van der Waals surface area contributed by atoms with E-state index >= 15 is 0 Å². The van der Waals surface area contributed by atoms with Gasteiger partial charge in [-0.25, -0.2) is 4.79 Å². The third-order valence-electron chi connectivity index (χ3n) is 3.02. The van der Waals surface area contributed by atoms with E-state index < -0.39 is 6.16 Å². The maximum atomic E-state index is 11.6. The van der Waals surface area contributed by atoms with Crippen LogP contribution in [0.2, 0.25) is 0 Å². The summed E-state index contributed by atoms with van der Waals surface area (Å²) in [7, 11) is 0. The Morgan fingerprint density at radius 1 is 1.25 bits per heavy atom. The van der Waals surface area contributed by atoms with Crippen molar-refractivity contribution < 1.29 is 23.8 Å². The Balaban J connectivity index is 1.52. The average molecular weight is 278 g/mol. The second kappa shape index (κ2) is 7.53. The Labute approximate surface area is 117 Å². The van der Waals surface area contributed by atoms with Crippen LogP contribution in [0.1, 0.15) is 24.8 Å². The second-order valence-corrected chi connectivity index (χ2v) is 4.68. The lowest BCUT2D eigenvalue weighted by Gasteiger charge is -2.07. The highest BCUT2D eigenvalue weighted by molar-refractivity contribution is 5.72. The number of unbranched alkanes of at least 4 members (excludes halogenated alkanes) is 1. The zero-order chi connectivity index (χ0) is 14.2. The van der Waals surface area contributed by atoms with Crippen molar-refractivity contribution in [2.45, 2.75) is 31.8 Å². The zero-order valence-electron chi connectivity index (χ0n) is 11.2. The van der Waals surface area contributed by atoms with Gasteiger partial charge >= 0.3 is 12.1 Å². The molecule has 1 aliphatic heterocycles. The number of ether oxygens (including phenoxy) is 3. The number of rotatable bonds is 7. The first-order chi connectivity index (χ1) is 9.74. The van der Waals surface area contributed by atoms with Gasteiger partial charge in [-0.2, -0.15) is 0 Å². The lowest BCUT2D eigenvalue weighted by atomic mass is 10.1. The topological polar surface area (TPSA) is 61.8 Å². The van der Waals surface area contributed by atoms with Crippen molar-refractivity contribution in [1.82, 2.24) is 0 Å². The third-order valence-corrected chi connectivity index (χ3v) is 3.02. The molecule has 5 heteroatoms. The summed E-state index contributed by atoms with van der Waals surface area (Å²) >= 11 is 0. The predicted molar refractivity (Wildman–Crippen MR) is 71.2 cm³/mol. The molecule has 0 aliphatic carbocycles. The zero-order valence-corrected chi connectivity index (χ0v) is 11.2. The van der Waals surface area contributed by atoms with Gasteiger partial charge in [-0.3, -0.25) is 4.79 Å². The average Bonchev–Trinajstić information content (AvgIpc) is 2.85. The largest absolute Gasteiger partial charge is 0.508 e. The Hall–Kier alpha value is -2.04. The molecule has 0 saturated carbocycles. The maximum absolute atomic E-state index is 11.6. The van der Waals surface area contributed by atoms with Gasteiger partial charge in [0.05, 0.1) is 13.0 Å². The first-order valence-electron chi connectivity index (χ1n) is 6.77. The van der Waals surface area contributed by atoms with E-state index in [1.54, 1.807) is 0 Å². The molecule has 5 nitrogen and oxygen atoms in total. The van der Waals surface area contributed by atoms with E-state index in [2.05, 4.69) is 4.74 Å². The van der Waals surface area contributed by atoms with Crippen molar-refractivity contribution in [2.75, 3.05) is 13.2 Å². The first kappa shape index (κ1) is 14.4. The third kappa shape index (κ3) is 4.91. The molecule has 0 spiro atoms. The van der Waals surface area contributed by atoms with Gasteiger partial charge in [0.25, 0.3) is 0 Å². The van der Waals surface area contributed by atoms with Crippen molar-refractivity contribution >= 4 is 12.1 Å². The first-order valence-corrected chi connectivity index (χ1v) is 6.77. The van der Waals surface area contributed by atoms with Crippen LogP contribution < -0.4 is 0 Å². The van der Waals surface area contributed by atoms with Gasteiger partial charge < -0.3 is 14.2 Å². The van der Waals surface area contributed by atoms with E-state index in [1.807, 2.05) is 30.3 Å². The van der Waals surface area contributed by atoms with Crippen LogP contribution >= 0.6 is 0 Å². The van der Waals surface area contributed by atoms with Gasteiger partial charge in [0.1, 0.15) is 12.7 Å². The highest BCUT2D eigenvalue weighted by Crippen LogP contribution is 2.13. The molecule has 20 heavy (non-hydrogen) atoms. The Morgan fingerprint density at radius 3 is 2.75 bits per heavy atom. The fourth-order valence-corrected chi connectivity index (χ4v) is 1.98. The molecule has 1 fully saturated rings. The Morgan fingerprint density at radius 2 is 2.05 bits per heavy atom. The fraction of sp³-hybridized carbons (Fsp3) is 0.467. The molecule has 1 aromatic rings. The molecular weight excluding hydrogens is 260 g/mol. The minimum absolute atomic E-state index is 0.150. The molecule has 108 valence electrons. The smallest absolute Gasteiger partial charge is 0.465 e. The highest BCUT2D eigenvalue weighted by atomic mass is 16.8. The van der Waals surface area contributed by atoms with Crippen LogP contribution in [-0.4, -0.2) is 31.4 Å². The summed E-state index contributed by atoms with van der Waals surface area (Å²) in [4.78, 5) is 22.3. The molecule has 0 N–H and O–H groups in total. The molecule has 0 radical (unpaired) electrons. The molecule has 1 unspecified atom stereocenters. The van der Waals surface area contributed by atoms with Crippen LogP contribution in [0, 0.1) is 0 Å². The van der Waals surface area contributed by atoms with Crippen LogP contribution in [0.25, 0.3) is 0 Å². The lowest BCUT2D eigenvalue weighted by molar-refractivity contribution is -0.142. The van der Waals surface area contributed by atoms with Crippen molar-refractivity contribution in [1.29, 1.82) is 0 Å². The van der Waals surface area contributed by atoms with E-state index in [1.165, 1.54) is 0 Å². The summed E-state index contributed by atoms with van der Waals surface area (Å²) in [6.07, 6.45) is 1.89. The summed E-state index contributed by atoms with van der Waals surface area (Å²) in [5.74, 6) is -0.216. The fourth-order valence-electron chi connectivity index (χ4n) is 1.98. The van der Waals surface area contributed by atoms with Crippen LogP contribution in [-0.2, 0) is 25.4 Å². The van der Waals surface area contributed by atoms with Crippen molar-refractivity contribution in [3.63, 3.8) is 0 Å². The van der Waals surface area contributed by atoms with Gasteiger partial charge in [0, 0.05) is 0 Å². The number of carbonyl (C=O) groups is 2. The molecule has 1 saturated heterocycles. The number of hydrogen-bond acceptors (Lipinski definition) is 5. The van der Waals surface area contributed by atoms with Crippen molar-refractivity contribution in [3.8, 4) is 0 Å². The second-order valence-electron chi connectivity index (χ2n) is 4.68. The Kier molecular flexibility index (Phi) is 5.41. The SMILES string of the molecule is O=C(Cc1ccccc1)OCCCCC1COC(=O)O1. The van der Waals surface area contributed by atoms with E-state index in [9.17, 15) is 9.59 Å². The van der Waals surface area contributed by atoms with E-state index in [0.717, 1.165) is 24.8 Å². The van der Waals surface area contributed by atoms with Gasteiger partial charge in [0.15, 0.2) is 0 Å². The summed E-state index contributed by atoms with van der Waals surface area (Å²) in [5, 5.41) is 0. The van der Waals surface area contributed by atoms with Gasteiger partial charge in [-0.05, 0) is 24.8 Å². The van der Waals surface area contributed by atoms with Gasteiger partial charge in [-0.15, -0.1) is 0 Å². The van der Waals surface area contributed by atoms with Crippen molar-refractivity contribution in [3.05, 3.63) is 35.9 Å². The molecule has 0 aromatic heterocycles. The highest BCUT2D eigenvalue weighted by Gasteiger charge is 2.23. The normalized spacial score (nSPS) is 17.4.